The summed E-state index contributed by atoms with van der Waals surface area (Å²) < 4.78 is 61.4. The number of nitriles is 1. The number of carbonyl (C=O) groups is 2. The van der Waals surface area contributed by atoms with Gasteiger partial charge in [-0.3, -0.25) is 4.79 Å². The van der Waals surface area contributed by atoms with E-state index in [4.69, 9.17) is 0 Å². The quantitative estimate of drug-likeness (QED) is 0.368. The van der Waals surface area contributed by atoms with E-state index in [0.29, 0.717) is 16.9 Å². The van der Waals surface area contributed by atoms with E-state index in [1.165, 1.54) is 19.1 Å². The van der Waals surface area contributed by atoms with Crippen LogP contribution in [0.4, 0.5) is 22.6 Å². The first kappa shape index (κ1) is 24.1. The standard InChI is InChI=1S/C20H19F4N3O3S/c1-4-12-11(3)31-17(14(12)10-25)27-19(20(22,23)24,18(29)30-5-2)26-16(28)13-8-6-7-9-15(13)21/h6-9,27H,4-5H2,1-3H3,(H,26,28)/t19-/m0/s1. The zero-order chi connectivity index (χ0) is 23.4. The first-order valence-corrected chi connectivity index (χ1v) is 9.95. The Hall–Kier alpha value is -3.13. The minimum absolute atomic E-state index is 0.0805. The highest BCUT2D eigenvalue weighted by atomic mass is 32.1. The fraction of sp³-hybridized carbons (Fsp3) is 0.350. The average molecular weight is 457 g/mol. The molecule has 1 atom stereocenters. The third-order valence-corrected chi connectivity index (χ3v) is 5.46. The van der Waals surface area contributed by atoms with Crippen LogP contribution in [0.5, 0.6) is 0 Å². The van der Waals surface area contributed by atoms with Gasteiger partial charge in [-0.05, 0) is 38.0 Å². The summed E-state index contributed by atoms with van der Waals surface area (Å²) in [6.45, 7) is 4.22. The number of hydrogen-bond acceptors (Lipinski definition) is 6. The van der Waals surface area contributed by atoms with E-state index in [1.54, 1.807) is 19.2 Å². The SMILES string of the molecule is CCOC(=O)[C@](NC(=O)c1ccccc1F)(Nc1sc(C)c(CC)c1C#N)C(F)(F)F. The Labute approximate surface area is 179 Å². The molecule has 0 bridgehead atoms. The third-order valence-electron chi connectivity index (χ3n) is 4.40. The number of benzene rings is 1. The van der Waals surface area contributed by atoms with Crippen molar-refractivity contribution in [3.8, 4) is 6.07 Å². The van der Waals surface area contributed by atoms with Crippen LogP contribution < -0.4 is 10.6 Å². The van der Waals surface area contributed by atoms with Crippen LogP contribution >= 0.6 is 11.3 Å². The van der Waals surface area contributed by atoms with Crippen molar-refractivity contribution in [3.63, 3.8) is 0 Å². The second kappa shape index (κ2) is 9.34. The van der Waals surface area contributed by atoms with E-state index in [2.05, 4.69) is 4.74 Å². The highest BCUT2D eigenvalue weighted by Gasteiger charge is 2.64. The Morgan fingerprint density at radius 1 is 1.23 bits per heavy atom. The predicted molar refractivity (Wildman–Crippen MR) is 106 cm³/mol. The molecule has 0 aliphatic carbocycles. The number of esters is 1. The molecule has 0 radical (unpaired) electrons. The van der Waals surface area contributed by atoms with E-state index >= 15 is 0 Å². The molecule has 0 aliphatic rings. The summed E-state index contributed by atoms with van der Waals surface area (Å²) in [5.74, 6) is -4.41. The number of halogens is 4. The number of nitrogens with zero attached hydrogens (tertiary/aromatic N) is 1. The van der Waals surface area contributed by atoms with Crippen LogP contribution in [0, 0.1) is 24.1 Å². The topological polar surface area (TPSA) is 91.2 Å². The van der Waals surface area contributed by atoms with Gasteiger partial charge in [-0.1, -0.05) is 19.1 Å². The molecular formula is C20H19F4N3O3S. The summed E-state index contributed by atoms with van der Waals surface area (Å²) in [6, 6.07) is 6.22. The number of hydrogen-bond donors (Lipinski definition) is 2. The Balaban J connectivity index is 2.65. The first-order chi connectivity index (χ1) is 14.5. The molecule has 1 aromatic carbocycles. The maximum Gasteiger partial charge on any atom is 0.441 e. The molecule has 0 saturated carbocycles. The summed E-state index contributed by atoms with van der Waals surface area (Å²) in [4.78, 5) is 25.7. The van der Waals surface area contributed by atoms with Crippen molar-refractivity contribution < 1.29 is 31.9 Å². The lowest BCUT2D eigenvalue weighted by Gasteiger charge is -2.35. The summed E-state index contributed by atoms with van der Waals surface area (Å²) in [5, 5.41) is 12.8. The van der Waals surface area contributed by atoms with Crippen LogP contribution in [0.2, 0.25) is 0 Å². The molecule has 1 heterocycles. The van der Waals surface area contributed by atoms with E-state index in [9.17, 15) is 32.4 Å². The van der Waals surface area contributed by atoms with Crippen molar-refractivity contribution in [3.05, 3.63) is 51.7 Å². The van der Waals surface area contributed by atoms with Gasteiger partial charge >= 0.3 is 17.8 Å². The third kappa shape index (κ3) is 4.64. The van der Waals surface area contributed by atoms with Crippen molar-refractivity contribution in [2.75, 3.05) is 11.9 Å². The zero-order valence-electron chi connectivity index (χ0n) is 16.8. The normalized spacial score (nSPS) is 13.1. The molecule has 1 amide bonds. The van der Waals surface area contributed by atoms with Gasteiger partial charge in [0.1, 0.15) is 16.9 Å². The Kier molecular flexibility index (Phi) is 7.28. The van der Waals surface area contributed by atoms with E-state index in [-0.39, 0.29) is 10.6 Å². The van der Waals surface area contributed by atoms with Gasteiger partial charge in [0.05, 0.1) is 17.7 Å². The summed E-state index contributed by atoms with van der Waals surface area (Å²) in [5.41, 5.74) is -4.02. The lowest BCUT2D eigenvalue weighted by atomic mass is 10.1. The number of thiophene rings is 1. The Bertz CT molecular complexity index is 1030. The minimum atomic E-state index is -5.41. The smallest absolute Gasteiger partial charge is 0.441 e. The highest BCUT2D eigenvalue weighted by Crippen LogP contribution is 2.39. The first-order valence-electron chi connectivity index (χ1n) is 9.13. The number of ether oxygens (including phenoxy) is 1. The van der Waals surface area contributed by atoms with E-state index < -0.39 is 41.7 Å². The van der Waals surface area contributed by atoms with Crippen LogP contribution in [0.3, 0.4) is 0 Å². The number of alkyl halides is 3. The lowest BCUT2D eigenvalue weighted by molar-refractivity contribution is -0.204. The predicted octanol–water partition coefficient (Wildman–Crippen LogP) is 4.29. The highest BCUT2D eigenvalue weighted by molar-refractivity contribution is 7.16. The maximum absolute atomic E-state index is 14.3. The molecule has 0 unspecified atom stereocenters. The lowest BCUT2D eigenvalue weighted by Crippen LogP contribution is -2.69. The summed E-state index contributed by atoms with van der Waals surface area (Å²) >= 11 is 0.828. The van der Waals surface area contributed by atoms with Gasteiger partial charge in [-0.2, -0.15) is 18.4 Å². The maximum atomic E-state index is 14.3. The molecule has 11 heteroatoms. The molecule has 2 rings (SSSR count). The number of aryl methyl sites for hydroxylation is 1. The molecule has 0 fully saturated rings. The summed E-state index contributed by atoms with van der Waals surface area (Å²) in [7, 11) is 0. The summed E-state index contributed by atoms with van der Waals surface area (Å²) in [6.07, 6.45) is -5.04. The Morgan fingerprint density at radius 2 is 1.87 bits per heavy atom. The van der Waals surface area contributed by atoms with E-state index in [1.807, 2.05) is 11.4 Å². The van der Waals surface area contributed by atoms with Crippen LogP contribution in [0.25, 0.3) is 0 Å². The van der Waals surface area contributed by atoms with Crippen molar-refractivity contribution >= 4 is 28.2 Å². The molecule has 1 aromatic heterocycles. The number of anilines is 1. The number of amides is 1. The fourth-order valence-corrected chi connectivity index (χ4v) is 4.05. The molecule has 0 spiro atoms. The Morgan fingerprint density at radius 3 is 2.39 bits per heavy atom. The van der Waals surface area contributed by atoms with Gasteiger partial charge in [-0.15, -0.1) is 11.3 Å². The van der Waals surface area contributed by atoms with Crippen molar-refractivity contribution in [1.82, 2.24) is 5.32 Å². The number of rotatable bonds is 7. The molecule has 2 N–H and O–H groups in total. The number of carbonyl (C=O) groups excluding carboxylic acids is 2. The van der Waals surface area contributed by atoms with Gasteiger partial charge in [0.25, 0.3) is 5.91 Å². The number of nitrogens with one attached hydrogen (secondary N) is 2. The molecule has 6 nitrogen and oxygen atoms in total. The van der Waals surface area contributed by atoms with Crippen molar-refractivity contribution in [2.45, 2.75) is 39.0 Å². The zero-order valence-corrected chi connectivity index (χ0v) is 17.6. The molecule has 0 aliphatic heterocycles. The van der Waals surface area contributed by atoms with Gasteiger partial charge in [0, 0.05) is 4.88 Å². The van der Waals surface area contributed by atoms with Crippen LogP contribution in [0.1, 0.15) is 40.2 Å². The molecule has 2 aromatic rings. The van der Waals surface area contributed by atoms with Crippen LogP contribution in [0.15, 0.2) is 24.3 Å². The molecular weight excluding hydrogens is 438 g/mol. The van der Waals surface area contributed by atoms with Gasteiger partial charge in [0.2, 0.25) is 0 Å². The molecule has 166 valence electrons. The fourth-order valence-electron chi connectivity index (χ4n) is 2.89. The van der Waals surface area contributed by atoms with Gasteiger partial charge < -0.3 is 15.4 Å². The second-order valence-corrected chi connectivity index (χ2v) is 7.56. The molecule has 31 heavy (non-hydrogen) atoms. The van der Waals surface area contributed by atoms with Gasteiger partial charge in [0.15, 0.2) is 0 Å². The monoisotopic (exact) mass is 457 g/mol. The van der Waals surface area contributed by atoms with E-state index in [0.717, 1.165) is 23.5 Å². The second-order valence-electron chi connectivity index (χ2n) is 6.33. The van der Waals surface area contributed by atoms with Gasteiger partial charge in [-0.25, -0.2) is 9.18 Å². The van der Waals surface area contributed by atoms with Crippen LogP contribution in [-0.4, -0.2) is 30.3 Å². The van der Waals surface area contributed by atoms with Crippen LogP contribution in [-0.2, 0) is 16.0 Å². The largest absolute Gasteiger partial charge is 0.463 e. The van der Waals surface area contributed by atoms with Crippen molar-refractivity contribution in [2.24, 2.45) is 0 Å². The van der Waals surface area contributed by atoms with Crippen molar-refractivity contribution in [1.29, 1.82) is 5.26 Å². The minimum Gasteiger partial charge on any atom is -0.463 e. The average Bonchev–Trinajstić information content (AvgIpc) is 3.00. The molecule has 0 saturated heterocycles.